The minimum atomic E-state index is -0.794. The van der Waals surface area contributed by atoms with E-state index in [0.29, 0.717) is 13.1 Å². The van der Waals surface area contributed by atoms with E-state index in [4.69, 9.17) is 4.74 Å². The molecule has 0 radical (unpaired) electrons. The SMILES string of the molecule is C=CCOC(=O)[C@@H]1[C@H]2C(=O)N([C@@H](CO)[C@@H](C)CC)C(C(=O)N(CC=C)Cc3ccccc3)C23S[C@@H]1CC3C. The number of carbonyl (C=O) groups is 3. The minimum absolute atomic E-state index is 0.0277. The fourth-order valence-electron chi connectivity index (χ4n) is 6.78. The van der Waals surface area contributed by atoms with Crippen molar-refractivity contribution in [2.45, 2.75) is 62.2 Å². The second kappa shape index (κ2) is 11.7. The summed E-state index contributed by atoms with van der Waals surface area (Å²) in [5.41, 5.74) is 0.982. The summed E-state index contributed by atoms with van der Waals surface area (Å²) in [5, 5.41) is 10.4. The third-order valence-electron chi connectivity index (χ3n) is 8.76. The molecule has 1 aromatic rings. The molecule has 0 aliphatic carbocycles. The van der Waals surface area contributed by atoms with Crippen molar-refractivity contribution in [2.75, 3.05) is 19.8 Å². The number of hydrogen-bond acceptors (Lipinski definition) is 6. The molecular formula is C30H40N2O5S. The van der Waals surface area contributed by atoms with Crippen molar-refractivity contribution in [1.82, 2.24) is 9.80 Å². The van der Waals surface area contributed by atoms with E-state index >= 15 is 0 Å². The lowest BCUT2D eigenvalue weighted by Crippen LogP contribution is -2.60. The van der Waals surface area contributed by atoms with Crippen molar-refractivity contribution >= 4 is 29.5 Å². The Hall–Kier alpha value is -2.58. The van der Waals surface area contributed by atoms with E-state index in [2.05, 4.69) is 20.1 Å². The van der Waals surface area contributed by atoms with Gasteiger partial charge < -0.3 is 19.6 Å². The molecular weight excluding hydrogens is 500 g/mol. The first-order chi connectivity index (χ1) is 18.3. The lowest BCUT2D eigenvalue weighted by molar-refractivity contribution is -0.154. The molecule has 3 aliphatic heterocycles. The number of likely N-dealkylation sites (tertiary alicyclic amines) is 1. The van der Waals surface area contributed by atoms with Gasteiger partial charge in [-0.2, -0.15) is 0 Å². The summed E-state index contributed by atoms with van der Waals surface area (Å²) >= 11 is 1.62. The van der Waals surface area contributed by atoms with Crippen LogP contribution in [0.1, 0.15) is 39.2 Å². The van der Waals surface area contributed by atoms with E-state index in [1.54, 1.807) is 27.6 Å². The monoisotopic (exact) mass is 540 g/mol. The highest BCUT2D eigenvalue weighted by Crippen LogP contribution is 2.69. The Balaban J connectivity index is 1.81. The summed E-state index contributed by atoms with van der Waals surface area (Å²) < 4.78 is 4.70. The van der Waals surface area contributed by atoms with Gasteiger partial charge in [0.05, 0.1) is 29.2 Å². The van der Waals surface area contributed by atoms with Gasteiger partial charge in [-0.05, 0) is 23.8 Å². The number of amides is 2. The second-order valence-corrected chi connectivity index (χ2v) is 12.4. The molecule has 0 saturated carbocycles. The fraction of sp³-hybridized carbons (Fsp3) is 0.567. The van der Waals surface area contributed by atoms with Crippen LogP contribution in [0, 0.1) is 23.7 Å². The molecule has 4 rings (SSSR count). The maximum absolute atomic E-state index is 14.6. The Kier molecular flexibility index (Phi) is 8.72. The van der Waals surface area contributed by atoms with Crippen molar-refractivity contribution in [1.29, 1.82) is 0 Å². The topological polar surface area (TPSA) is 87.1 Å². The molecule has 3 aliphatic rings. The Morgan fingerprint density at radius 2 is 2.00 bits per heavy atom. The van der Waals surface area contributed by atoms with Crippen molar-refractivity contribution in [3.8, 4) is 0 Å². The number of carbonyl (C=O) groups excluding carboxylic acids is 3. The van der Waals surface area contributed by atoms with E-state index < -0.39 is 34.6 Å². The van der Waals surface area contributed by atoms with Gasteiger partial charge in [-0.3, -0.25) is 14.4 Å². The molecule has 3 heterocycles. The summed E-state index contributed by atoms with van der Waals surface area (Å²) in [4.78, 5) is 45.6. The zero-order valence-corrected chi connectivity index (χ0v) is 23.4. The Morgan fingerprint density at radius 1 is 1.29 bits per heavy atom. The minimum Gasteiger partial charge on any atom is -0.461 e. The first kappa shape index (κ1) is 28.4. The number of hydrogen-bond donors (Lipinski definition) is 1. The average molecular weight is 541 g/mol. The van der Waals surface area contributed by atoms with Crippen molar-refractivity contribution in [3.05, 3.63) is 61.2 Å². The molecule has 8 heteroatoms. The quantitative estimate of drug-likeness (QED) is 0.322. The molecule has 3 saturated heterocycles. The van der Waals surface area contributed by atoms with Crippen LogP contribution in [0.25, 0.3) is 0 Å². The van der Waals surface area contributed by atoms with Gasteiger partial charge in [0.25, 0.3) is 0 Å². The number of aliphatic hydroxyl groups is 1. The summed E-state index contributed by atoms with van der Waals surface area (Å²) in [5.74, 6) is -2.07. The van der Waals surface area contributed by atoms with E-state index in [1.807, 2.05) is 44.2 Å². The van der Waals surface area contributed by atoms with Crippen LogP contribution < -0.4 is 0 Å². The van der Waals surface area contributed by atoms with Crippen molar-refractivity contribution in [2.24, 2.45) is 23.7 Å². The van der Waals surface area contributed by atoms with Crippen LogP contribution in [-0.2, 0) is 25.7 Å². The lowest BCUT2D eigenvalue weighted by atomic mass is 9.66. The molecule has 1 spiro atoms. The maximum atomic E-state index is 14.6. The van der Waals surface area contributed by atoms with Crippen molar-refractivity contribution in [3.63, 3.8) is 0 Å². The molecule has 3 unspecified atom stereocenters. The number of rotatable bonds is 12. The molecule has 7 nitrogen and oxygen atoms in total. The van der Waals surface area contributed by atoms with Crippen LogP contribution in [0.4, 0.5) is 0 Å². The van der Waals surface area contributed by atoms with Gasteiger partial charge in [0, 0.05) is 18.3 Å². The molecule has 0 aromatic heterocycles. The first-order valence-electron chi connectivity index (χ1n) is 13.6. The zero-order chi connectivity index (χ0) is 27.6. The third kappa shape index (κ3) is 4.60. The molecule has 2 amide bonds. The van der Waals surface area contributed by atoms with Crippen LogP contribution in [0.3, 0.4) is 0 Å². The second-order valence-electron chi connectivity index (χ2n) is 10.8. The Bertz CT molecular complexity index is 1060. The highest BCUT2D eigenvalue weighted by atomic mass is 32.2. The van der Waals surface area contributed by atoms with Gasteiger partial charge in [0.15, 0.2) is 0 Å². The molecule has 206 valence electrons. The van der Waals surface area contributed by atoms with Crippen LogP contribution >= 0.6 is 11.8 Å². The maximum Gasteiger partial charge on any atom is 0.311 e. The van der Waals surface area contributed by atoms with Gasteiger partial charge in [-0.1, -0.05) is 76.3 Å². The summed E-state index contributed by atoms with van der Waals surface area (Å²) in [7, 11) is 0. The molecule has 2 bridgehead atoms. The number of benzene rings is 1. The van der Waals surface area contributed by atoms with Crippen LogP contribution in [0.2, 0.25) is 0 Å². The molecule has 1 aromatic carbocycles. The Labute approximate surface area is 230 Å². The number of nitrogens with zero attached hydrogens (tertiary/aromatic N) is 2. The van der Waals surface area contributed by atoms with E-state index in [0.717, 1.165) is 18.4 Å². The summed E-state index contributed by atoms with van der Waals surface area (Å²) in [6, 6.07) is 8.43. The van der Waals surface area contributed by atoms with Gasteiger partial charge >= 0.3 is 5.97 Å². The number of aliphatic hydroxyl groups excluding tert-OH is 1. The summed E-state index contributed by atoms with van der Waals surface area (Å²) in [6.07, 6.45) is 4.69. The third-order valence-corrected chi connectivity index (χ3v) is 10.8. The molecule has 38 heavy (non-hydrogen) atoms. The van der Waals surface area contributed by atoms with E-state index in [1.165, 1.54) is 6.08 Å². The number of esters is 1. The largest absolute Gasteiger partial charge is 0.461 e. The van der Waals surface area contributed by atoms with Gasteiger partial charge in [0.1, 0.15) is 12.6 Å². The van der Waals surface area contributed by atoms with E-state index in [-0.39, 0.29) is 42.1 Å². The lowest BCUT2D eigenvalue weighted by Gasteiger charge is -2.43. The predicted octanol–water partition coefficient (Wildman–Crippen LogP) is 3.67. The fourth-order valence-corrected chi connectivity index (χ4v) is 9.17. The number of fused-ring (bicyclic) bond motifs is 1. The first-order valence-corrected chi connectivity index (χ1v) is 14.5. The normalized spacial score (nSPS) is 31.0. The van der Waals surface area contributed by atoms with Gasteiger partial charge in [-0.25, -0.2) is 0 Å². The predicted molar refractivity (Wildman–Crippen MR) is 149 cm³/mol. The number of thioether (sulfide) groups is 1. The highest BCUT2D eigenvalue weighted by Gasteiger charge is 2.77. The van der Waals surface area contributed by atoms with E-state index in [9.17, 15) is 19.5 Å². The number of ether oxygens (including phenoxy) is 1. The smallest absolute Gasteiger partial charge is 0.311 e. The average Bonchev–Trinajstić information content (AvgIpc) is 3.51. The highest BCUT2D eigenvalue weighted by molar-refractivity contribution is 8.02. The van der Waals surface area contributed by atoms with Crippen molar-refractivity contribution < 1.29 is 24.2 Å². The molecule has 3 fully saturated rings. The summed E-state index contributed by atoms with van der Waals surface area (Å²) in [6.45, 7) is 14.2. The van der Waals surface area contributed by atoms with Gasteiger partial charge in [0.2, 0.25) is 11.8 Å². The van der Waals surface area contributed by atoms with Crippen LogP contribution in [-0.4, -0.2) is 74.5 Å². The van der Waals surface area contributed by atoms with Gasteiger partial charge in [-0.15, -0.1) is 18.3 Å². The van der Waals surface area contributed by atoms with Crippen LogP contribution in [0.5, 0.6) is 0 Å². The Morgan fingerprint density at radius 3 is 2.61 bits per heavy atom. The standard InChI is InChI=1S/C30H40N2O5S/c1-6-14-31(17-21-12-10-9-11-13-21)28(35)26-30-20(5)16-23(38-30)24(29(36)37-15-7-2)25(30)27(34)32(26)22(18-33)19(4)8-3/h6-7,9-13,19-20,22-26,33H,1-2,8,14-18H2,3-5H3/t19-,20?,22-,23+,24-,25-,26?,30?/m0/s1. The van der Waals surface area contributed by atoms with Crippen LogP contribution in [0.15, 0.2) is 55.6 Å². The molecule has 8 atom stereocenters. The zero-order valence-electron chi connectivity index (χ0n) is 22.6. The molecule has 1 N–H and O–H groups in total.